The second-order valence-electron chi connectivity index (χ2n) is 7.20. The number of fused-ring (bicyclic) bond motifs is 1. The van der Waals surface area contributed by atoms with Crippen LogP contribution >= 0.6 is 11.6 Å². The number of ether oxygens (including phenoxy) is 3. The average Bonchev–Trinajstić information content (AvgIpc) is 2.71. The zero-order valence-corrected chi connectivity index (χ0v) is 16.6. The van der Waals surface area contributed by atoms with Crippen molar-refractivity contribution in [3.63, 3.8) is 0 Å². The van der Waals surface area contributed by atoms with Crippen LogP contribution in [0.5, 0.6) is 5.75 Å². The molecule has 2 fully saturated rings. The van der Waals surface area contributed by atoms with Crippen molar-refractivity contribution in [3.05, 3.63) is 40.4 Å². The van der Waals surface area contributed by atoms with Gasteiger partial charge in [0.2, 0.25) is 0 Å². The molecular formula is C21H27ClN2O3. The minimum atomic E-state index is 0.691. The molecule has 2 aliphatic heterocycles. The van der Waals surface area contributed by atoms with Gasteiger partial charge in [-0.25, -0.2) is 0 Å². The van der Waals surface area contributed by atoms with Gasteiger partial charge in [0.1, 0.15) is 5.75 Å². The molecule has 0 N–H and O–H groups in total. The molecule has 0 spiro atoms. The van der Waals surface area contributed by atoms with E-state index in [0.29, 0.717) is 5.02 Å². The Balaban J connectivity index is 1.69. The summed E-state index contributed by atoms with van der Waals surface area (Å²) in [4.78, 5) is 4.93. The van der Waals surface area contributed by atoms with Gasteiger partial charge in [0.05, 0.1) is 38.6 Å². The molecule has 5 nitrogen and oxygen atoms in total. The Morgan fingerprint density at radius 3 is 2.00 bits per heavy atom. The molecular weight excluding hydrogens is 364 g/mol. The highest BCUT2D eigenvalue weighted by Gasteiger charge is 2.18. The van der Waals surface area contributed by atoms with E-state index < -0.39 is 0 Å². The molecule has 2 aromatic carbocycles. The maximum Gasteiger partial charge on any atom is 0.138 e. The Labute approximate surface area is 165 Å². The predicted octanol–water partition coefficient (Wildman–Crippen LogP) is 3.17. The molecule has 2 aromatic rings. The lowest BCUT2D eigenvalue weighted by atomic mass is 9.99. The van der Waals surface area contributed by atoms with E-state index >= 15 is 0 Å². The Hall–Kier alpha value is -1.37. The largest absolute Gasteiger partial charge is 0.495 e. The molecule has 0 bridgehead atoms. The molecule has 27 heavy (non-hydrogen) atoms. The Morgan fingerprint density at radius 1 is 0.889 bits per heavy atom. The number of benzene rings is 2. The van der Waals surface area contributed by atoms with Gasteiger partial charge in [-0.3, -0.25) is 9.80 Å². The average molecular weight is 391 g/mol. The van der Waals surface area contributed by atoms with Crippen LogP contribution in [0.15, 0.2) is 24.3 Å². The standard InChI is InChI=1S/C21H27ClN2O3/c1-25-20-3-2-16-12-17(14-23-4-8-26-9-5-23)18(13-19(16)21(20)22)15-24-6-10-27-11-7-24/h2-3,12-13H,4-11,14-15H2,1H3. The van der Waals surface area contributed by atoms with Crippen molar-refractivity contribution >= 4 is 22.4 Å². The van der Waals surface area contributed by atoms with Crippen molar-refractivity contribution in [3.8, 4) is 5.75 Å². The van der Waals surface area contributed by atoms with Crippen molar-refractivity contribution in [2.75, 3.05) is 59.7 Å². The van der Waals surface area contributed by atoms with Crippen LogP contribution in [0.2, 0.25) is 5.02 Å². The van der Waals surface area contributed by atoms with Crippen LogP contribution in [-0.4, -0.2) is 69.5 Å². The van der Waals surface area contributed by atoms with Gasteiger partial charge >= 0.3 is 0 Å². The van der Waals surface area contributed by atoms with E-state index in [1.807, 2.05) is 6.07 Å². The molecule has 0 unspecified atom stereocenters. The first-order valence-corrected chi connectivity index (χ1v) is 10.0. The van der Waals surface area contributed by atoms with E-state index in [4.69, 9.17) is 25.8 Å². The Bertz CT molecular complexity index is 787. The van der Waals surface area contributed by atoms with Crippen molar-refractivity contribution < 1.29 is 14.2 Å². The summed E-state index contributed by atoms with van der Waals surface area (Å²) in [5, 5.41) is 2.91. The van der Waals surface area contributed by atoms with Gasteiger partial charge < -0.3 is 14.2 Å². The zero-order valence-electron chi connectivity index (χ0n) is 15.9. The Morgan fingerprint density at radius 2 is 1.44 bits per heavy atom. The van der Waals surface area contributed by atoms with Crippen LogP contribution in [-0.2, 0) is 22.6 Å². The third kappa shape index (κ3) is 4.39. The third-order valence-corrected chi connectivity index (χ3v) is 5.84. The molecule has 4 rings (SSSR count). The van der Waals surface area contributed by atoms with E-state index in [0.717, 1.165) is 82.2 Å². The minimum absolute atomic E-state index is 0.691. The summed E-state index contributed by atoms with van der Waals surface area (Å²) in [6.07, 6.45) is 0. The fourth-order valence-corrected chi connectivity index (χ4v) is 4.16. The number of nitrogens with zero attached hydrogens (tertiary/aromatic N) is 2. The van der Waals surface area contributed by atoms with Gasteiger partial charge in [0.25, 0.3) is 0 Å². The third-order valence-electron chi connectivity index (χ3n) is 5.45. The maximum absolute atomic E-state index is 6.62. The smallest absolute Gasteiger partial charge is 0.138 e. The molecule has 0 radical (unpaired) electrons. The molecule has 146 valence electrons. The van der Waals surface area contributed by atoms with E-state index in [-0.39, 0.29) is 0 Å². The van der Waals surface area contributed by atoms with Crippen molar-refractivity contribution in [2.45, 2.75) is 13.1 Å². The number of methoxy groups -OCH3 is 1. The molecule has 6 heteroatoms. The summed E-state index contributed by atoms with van der Waals surface area (Å²) in [5.74, 6) is 0.724. The molecule has 0 aliphatic carbocycles. The van der Waals surface area contributed by atoms with Crippen molar-refractivity contribution in [2.24, 2.45) is 0 Å². The monoisotopic (exact) mass is 390 g/mol. The van der Waals surface area contributed by atoms with Crippen LogP contribution in [0, 0.1) is 0 Å². The highest BCUT2D eigenvalue weighted by atomic mass is 35.5. The van der Waals surface area contributed by atoms with Gasteiger partial charge in [0.15, 0.2) is 0 Å². The molecule has 2 heterocycles. The van der Waals surface area contributed by atoms with E-state index in [9.17, 15) is 0 Å². The number of hydrogen-bond acceptors (Lipinski definition) is 5. The normalized spacial score (nSPS) is 19.5. The Kier molecular flexibility index (Phi) is 6.15. The van der Waals surface area contributed by atoms with Crippen LogP contribution in [0.25, 0.3) is 10.8 Å². The van der Waals surface area contributed by atoms with Crippen LogP contribution in [0.3, 0.4) is 0 Å². The number of morpholine rings is 2. The van der Waals surface area contributed by atoms with E-state index in [1.165, 1.54) is 11.1 Å². The first-order valence-electron chi connectivity index (χ1n) is 9.63. The lowest BCUT2D eigenvalue weighted by molar-refractivity contribution is 0.0309. The molecule has 0 amide bonds. The second-order valence-corrected chi connectivity index (χ2v) is 7.58. The quantitative estimate of drug-likeness (QED) is 0.783. The summed E-state index contributed by atoms with van der Waals surface area (Å²) in [6, 6.07) is 8.60. The lowest BCUT2D eigenvalue weighted by Crippen LogP contribution is -2.37. The van der Waals surface area contributed by atoms with Gasteiger partial charge in [-0.05, 0) is 34.7 Å². The number of hydrogen-bond donors (Lipinski definition) is 0. The summed E-state index contributed by atoms with van der Waals surface area (Å²) >= 11 is 6.62. The summed E-state index contributed by atoms with van der Waals surface area (Å²) in [6.45, 7) is 9.03. The molecule has 0 aromatic heterocycles. The van der Waals surface area contributed by atoms with Crippen molar-refractivity contribution in [1.82, 2.24) is 9.80 Å². The maximum atomic E-state index is 6.62. The first-order chi connectivity index (χ1) is 13.2. The first kappa shape index (κ1) is 19.0. The molecule has 2 saturated heterocycles. The topological polar surface area (TPSA) is 34.2 Å². The number of halogens is 1. The molecule has 2 aliphatic rings. The van der Waals surface area contributed by atoms with Gasteiger partial charge in [-0.15, -0.1) is 0 Å². The highest BCUT2D eigenvalue weighted by molar-refractivity contribution is 6.37. The summed E-state index contributed by atoms with van der Waals surface area (Å²) in [5.41, 5.74) is 2.71. The SMILES string of the molecule is COc1ccc2cc(CN3CCOCC3)c(CN3CCOCC3)cc2c1Cl. The van der Waals surface area contributed by atoms with Crippen LogP contribution in [0.4, 0.5) is 0 Å². The van der Waals surface area contributed by atoms with Gasteiger partial charge in [-0.2, -0.15) is 0 Å². The fraction of sp³-hybridized carbons (Fsp3) is 0.524. The van der Waals surface area contributed by atoms with Crippen molar-refractivity contribution in [1.29, 1.82) is 0 Å². The fourth-order valence-electron chi connectivity index (χ4n) is 3.86. The van der Waals surface area contributed by atoms with E-state index in [2.05, 4.69) is 28.0 Å². The minimum Gasteiger partial charge on any atom is -0.495 e. The zero-order chi connectivity index (χ0) is 18.6. The van der Waals surface area contributed by atoms with Gasteiger partial charge in [0, 0.05) is 44.7 Å². The summed E-state index contributed by atoms with van der Waals surface area (Å²) < 4.78 is 16.4. The highest BCUT2D eigenvalue weighted by Crippen LogP contribution is 2.35. The lowest BCUT2D eigenvalue weighted by Gasteiger charge is -2.30. The second kappa shape index (κ2) is 8.76. The molecule has 0 saturated carbocycles. The van der Waals surface area contributed by atoms with E-state index in [1.54, 1.807) is 7.11 Å². The predicted molar refractivity (Wildman–Crippen MR) is 108 cm³/mol. The van der Waals surface area contributed by atoms with Gasteiger partial charge in [-0.1, -0.05) is 17.7 Å². The summed E-state index contributed by atoms with van der Waals surface area (Å²) in [7, 11) is 1.66. The van der Waals surface area contributed by atoms with Crippen LogP contribution in [0.1, 0.15) is 11.1 Å². The number of rotatable bonds is 5. The van der Waals surface area contributed by atoms with Crippen LogP contribution < -0.4 is 4.74 Å². The molecule has 0 atom stereocenters.